The Labute approximate surface area is 152 Å². The maximum absolute atomic E-state index is 12.3. The molecule has 2 saturated heterocycles. The van der Waals surface area contributed by atoms with E-state index in [-0.39, 0.29) is 29.1 Å². The number of fused-ring (bicyclic) bond motifs is 1. The van der Waals surface area contributed by atoms with E-state index in [1.165, 1.54) is 16.7 Å². The van der Waals surface area contributed by atoms with E-state index in [4.69, 9.17) is 4.74 Å². The lowest BCUT2D eigenvalue weighted by atomic mass is 9.93. The van der Waals surface area contributed by atoms with Crippen LogP contribution in [0.4, 0.5) is 4.79 Å². The van der Waals surface area contributed by atoms with Crippen molar-refractivity contribution >= 4 is 29.7 Å². The van der Waals surface area contributed by atoms with Crippen LogP contribution < -0.4 is 0 Å². The first-order valence-corrected chi connectivity index (χ1v) is 9.86. The molecule has 7 heteroatoms. The third-order valence-corrected chi connectivity index (χ3v) is 6.03. The van der Waals surface area contributed by atoms with Gasteiger partial charge in [0.05, 0.1) is 5.92 Å². The third kappa shape index (κ3) is 4.02. The number of carbonyl (C=O) groups excluding carboxylic acids is 3. The van der Waals surface area contributed by atoms with Gasteiger partial charge in [-0.05, 0) is 51.4 Å². The first kappa shape index (κ1) is 18.3. The van der Waals surface area contributed by atoms with Crippen molar-refractivity contribution < 1.29 is 19.1 Å². The van der Waals surface area contributed by atoms with Crippen LogP contribution in [0.3, 0.4) is 0 Å². The average Bonchev–Trinajstić information content (AvgIpc) is 3.10. The number of ether oxygens (including phenoxy) is 1. The molecule has 3 aliphatic rings. The first-order chi connectivity index (χ1) is 11.8. The fourth-order valence-electron chi connectivity index (χ4n) is 3.53. The van der Waals surface area contributed by atoms with Crippen molar-refractivity contribution in [3.63, 3.8) is 0 Å². The van der Waals surface area contributed by atoms with Gasteiger partial charge in [0.15, 0.2) is 0 Å². The molecule has 3 heterocycles. The quantitative estimate of drug-likeness (QED) is 0.719. The molecule has 2 fully saturated rings. The molecule has 0 bridgehead atoms. The summed E-state index contributed by atoms with van der Waals surface area (Å²) in [4.78, 5) is 39.9. The van der Waals surface area contributed by atoms with E-state index in [9.17, 15) is 14.4 Å². The molecule has 3 amide bonds. The second kappa shape index (κ2) is 7.02. The van der Waals surface area contributed by atoms with Crippen LogP contribution in [0.15, 0.2) is 11.5 Å². The van der Waals surface area contributed by atoms with Crippen LogP contribution in [0, 0.1) is 11.8 Å². The summed E-state index contributed by atoms with van der Waals surface area (Å²) in [5.74, 6) is 0.0769. The molecule has 0 aromatic rings. The molecule has 2 atom stereocenters. The minimum atomic E-state index is -0.477. The number of thioether (sulfide) groups is 1. The Balaban J connectivity index is 1.44. The molecule has 0 radical (unpaired) electrons. The van der Waals surface area contributed by atoms with Crippen LogP contribution in [0.2, 0.25) is 0 Å². The second-order valence-electron chi connectivity index (χ2n) is 7.94. The van der Waals surface area contributed by atoms with Crippen molar-refractivity contribution in [2.75, 3.05) is 19.6 Å². The molecule has 2 unspecified atom stereocenters. The van der Waals surface area contributed by atoms with Crippen LogP contribution in [0.1, 0.15) is 40.0 Å². The number of imide groups is 1. The van der Waals surface area contributed by atoms with Gasteiger partial charge in [-0.2, -0.15) is 0 Å². The summed E-state index contributed by atoms with van der Waals surface area (Å²) in [6, 6.07) is 0. The number of nitrogens with zero attached hydrogens (tertiary/aromatic N) is 2. The smallest absolute Gasteiger partial charge is 0.410 e. The van der Waals surface area contributed by atoms with Gasteiger partial charge in [0.2, 0.25) is 11.8 Å². The number of amides is 3. The fourth-order valence-corrected chi connectivity index (χ4v) is 4.58. The second-order valence-corrected chi connectivity index (χ2v) is 8.99. The highest BCUT2D eigenvalue weighted by molar-refractivity contribution is 8.03. The standard InChI is InChI=1S/C18H26N2O4S/c1-18(2,3)24-17(23)19-8-4-12(5-9-19)6-10-20-15(21)13-7-11-25-14(13)16(20)22/h7,11-14H,4-6,8-10H2,1-3H3. The van der Waals surface area contributed by atoms with Crippen molar-refractivity contribution in [1.82, 2.24) is 9.80 Å². The molecular weight excluding hydrogens is 340 g/mol. The van der Waals surface area contributed by atoms with Crippen molar-refractivity contribution in [1.29, 1.82) is 0 Å². The number of piperidine rings is 1. The van der Waals surface area contributed by atoms with Gasteiger partial charge >= 0.3 is 6.09 Å². The molecule has 0 spiro atoms. The normalized spacial score (nSPS) is 27.2. The molecule has 0 saturated carbocycles. The van der Waals surface area contributed by atoms with Crippen LogP contribution >= 0.6 is 11.8 Å². The number of hydrogen-bond donors (Lipinski definition) is 0. The minimum absolute atomic E-state index is 0.0452. The van der Waals surface area contributed by atoms with Crippen LogP contribution in [-0.4, -0.2) is 58.2 Å². The van der Waals surface area contributed by atoms with Crippen molar-refractivity contribution in [3.8, 4) is 0 Å². The molecule has 0 aliphatic carbocycles. The van der Waals surface area contributed by atoms with E-state index in [0.29, 0.717) is 25.6 Å². The third-order valence-electron chi connectivity index (χ3n) is 4.93. The van der Waals surface area contributed by atoms with E-state index in [1.54, 1.807) is 4.90 Å². The summed E-state index contributed by atoms with van der Waals surface area (Å²) in [5.41, 5.74) is -0.477. The van der Waals surface area contributed by atoms with Crippen molar-refractivity contribution in [2.24, 2.45) is 11.8 Å². The monoisotopic (exact) mass is 366 g/mol. The topological polar surface area (TPSA) is 66.9 Å². The van der Waals surface area contributed by atoms with Gasteiger partial charge in [-0.15, -0.1) is 11.8 Å². The zero-order valence-electron chi connectivity index (χ0n) is 15.1. The predicted octanol–water partition coefficient (Wildman–Crippen LogP) is 2.64. The molecule has 25 heavy (non-hydrogen) atoms. The predicted molar refractivity (Wildman–Crippen MR) is 95.9 cm³/mol. The summed E-state index contributed by atoms with van der Waals surface area (Å²) in [5, 5.41) is 1.62. The van der Waals surface area contributed by atoms with Crippen LogP contribution in [-0.2, 0) is 14.3 Å². The van der Waals surface area contributed by atoms with Gasteiger partial charge in [-0.3, -0.25) is 14.5 Å². The number of hydrogen-bond acceptors (Lipinski definition) is 5. The maximum atomic E-state index is 12.3. The first-order valence-electron chi connectivity index (χ1n) is 8.91. The lowest BCUT2D eigenvalue weighted by Crippen LogP contribution is -2.42. The van der Waals surface area contributed by atoms with Crippen molar-refractivity contribution in [3.05, 3.63) is 11.5 Å². The Morgan fingerprint density at radius 2 is 1.92 bits per heavy atom. The van der Waals surface area contributed by atoms with Gasteiger partial charge in [0, 0.05) is 19.6 Å². The Hall–Kier alpha value is -1.50. The minimum Gasteiger partial charge on any atom is -0.444 e. The zero-order valence-corrected chi connectivity index (χ0v) is 15.9. The van der Waals surface area contributed by atoms with Crippen molar-refractivity contribution in [2.45, 2.75) is 50.9 Å². The van der Waals surface area contributed by atoms with E-state index in [2.05, 4.69) is 0 Å². The van der Waals surface area contributed by atoms with Gasteiger partial charge in [0.25, 0.3) is 0 Å². The van der Waals surface area contributed by atoms with Gasteiger partial charge < -0.3 is 9.64 Å². The Bertz CT molecular complexity index is 590. The summed E-state index contributed by atoms with van der Waals surface area (Å²) in [6.45, 7) is 7.44. The molecule has 6 nitrogen and oxygen atoms in total. The summed E-state index contributed by atoms with van der Waals surface area (Å²) >= 11 is 1.45. The molecule has 138 valence electrons. The highest BCUT2D eigenvalue weighted by atomic mass is 32.2. The van der Waals surface area contributed by atoms with E-state index in [1.807, 2.05) is 32.3 Å². The maximum Gasteiger partial charge on any atom is 0.410 e. The number of carbonyl (C=O) groups is 3. The molecule has 0 aromatic heterocycles. The number of likely N-dealkylation sites (tertiary alicyclic amines) is 2. The average molecular weight is 366 g/mol. The highest BCUT2D eigenvalue weighted by Crippen LogP contribution is 2.38. The van der Waals surface area contributed by atoms with Crippen LogP contribution in [0.5, 0.6) is 0 Å². The molecule has 0 aromatic carbocycles. The zero-order chi connectivity index (χ0) is 18.2. The Morgan fingerprint density at radius 3 is 2.52 bits per heavy atom. The summed E-state index contributed by atoms with van der Waals surface area (Å²) in [7, 11) is 0. The summed E-state index contributed by atoms with van der Waals surface area (Å²) in [6.07, 6.45) is 4.17. The lowest BCUT2D eigenvalue weighted by Gasteiger charge is -2.33. The van der Waals surface area contributed by atoms with Gasteiger partial charge in [-0.1, -0.05) is 6.08 Å². The van der Waals surface area contributed by atoms with Gasteiger partial charge in [0.1, 0.15) is 10.9 Å². The SMILES string of the molecule is CC(C)(C)OC(=O)N1CCC(CCN2C(=O)C3C=CSC3C2=O)CC1. The van der Waals surface area contributed by atoms with E-state index in [0.717, 1.165) is 19.3 Å². The summed E-state index contributed by atoms with van der Waals surface area (Å²) < 4.78 is 5.40. The van der Waals surface area contributed by atoms with Gasteiger partial charge in [-0.25, -0.2) is 4.79 Å². The highest BCUT2D eigenvalue weighted by Gasteiger charge is 2.48. The molecular formula is C18H26N2O4S. The Kier molecular flexibility index (Phi) is 5.14. The molecule has 0 N–H and O–H groups in total. The van der Waals surface area contributed by atoms with E-state index >= 15 is 0 Å². The Morgan fingerprint density at radius 1 is 1.24 bits per heavy atom. The van der Waals surface area contributed by atoms with Crippen LogP contribution in [0.25, 0.3) is 0 Å². The molecule has 3 aliphatic heterocycles. The fraction of sp³-hybridized carbons (Fsp3) is 0.722. The largest absolute Gasteiger partial charge is 0.444 e. The van der Waals surface area contributed by atoms with E-state index < -0.39 is 5.60 Å². The number of rotatable bonds is 3. The lowest BCUT2D eigenvalue weighted by molar-refractivity contribution is -0.139. The molecule has 3 rings (SSSR count).